The molecule has 1 aromatic heterocycles. The summed E-state index contributed by atoms with van der Waals surface area (Å²) in [7, 11) is 0. The molecule has 1 fully saturated rings. The summed E-state index contributed by atoms with van der Waals surface area (Å²) in [6.45, 7) is 8.14. The van der Waals surface area contributed by atoms with Gasteiger partial charge in [0, 0.05) is 12.4 Å². The van der Waals surface area contributed by atoms with E-state index in [1.165, 1.54) is 12.8 Å². The molecule has 0 saturated heterocycles. The molecule has 0 N–H and O–H groups in total. The van der Waals surface area contributed by atoms with Gasteiger partial charge in [-0.2, -0.15) is 0 Å². The molecule has 13 heavy (non-hydrogen) atoms. The Bertz CT molecular complexity index is 193. The lowest BCUT2D eigenvalue weighted by molar-refractivity contribution is 0.983. The van der Waals surface area contributed by atoms with Gasteiger partial charge in [-0.25, -0.2) is 9.97 Å². The highest BCUT2D eigenvalue weighted by Crippen LogP contribution is 2.26. The van der Waals surface area contributed by atoms with Gasteiger partial charge < -0.3 is 0 Å². The molecule has 2 heteroatoms. The predicted octanol–water partition coefficient (Wildman–Crippen LogP) is 3.23. The van der Waals surface area contributed by atoms with E-state index in [1.54, 1.807) is 18.5 Å². The number of hydrogen-bond donors (Lipinski definition) is 0. The van der Waals surface area contributed by atoms with Gasteiger partial charge in [0.05, 0.1) is 0 Å². The summed E-state index contributed by atoms with van der Waals surface area (Å²) in [5.74, 6) is 1.91. The first-order chi connectivity index (χ1) is 6.29. The third-order valence-electron chi connectivity index (χ3n) is 1.56. The Morgan fingerprint density at radius 1 is 1.15 bits per heavy atom. The molecule has 0 amide bonds. The number of hydrogen-bond acceptors (Lipinski definition) is 2. The summed E-state index contributed by atoms with van der Waals surface area (Å²) in [4.78, 5) is 7.74. The van der Waals surface area contributed by atoms with Gasteiger partial charge in [-0.1, -0.05) is 33.6 Å². The SMILES string of the molecule is CC.CC1CC1.Cc1ncccn1. The maximum Gasteiger partial charge on any atom is 0.125 e. The van der Waals surface area contributed by atoms with Crippen molar-refractivity contribution in [3.05, 3.63) is 24.3 Å². The van der Waals surface area contributed by atoms with E-state index in [0.717, 1.165) is 11.7 Å². The van der Waals surface area contributed by atoms with Crippen LogP contribution in [0.1, 0.15) is 39.4 Å². The minimum atomic E-state index is 0.822. The van der Waals surface area contributed by atoms with Crippen LogP contribution in [0.5, 0.6) is 0 Å². The summed E-state index contributed by atoms with van der Waals surface area (Å²) in [5.41, 5.74) is 0. The molecule has 1 heterocycles. The number of rotatable bonds is 0. The summed E-state index contributed by atoms with van der Waals surface area (Å²) in [6.07, 6.45) is 6.42. The predicted molar refractivity (Wildman–Crippen MR) is 56.5 cm³/mol. The Balaban J connectivity index is 0.000000204. The van der Waals surface area contributed by atoms with Crippen LogP contribution < -0.4 is 0 Å². The zero-order valence-electron chi connectivity index (χ0n) is 9.12. The quantitative estimate of drug-likeness (QED) is 0.612. The Morgan fingerprint density at radius 2 is 1.54 bits per heavy atom. The number of aromatic nitrogens is 2. The van der Waals surface area contributed by atoms with Crippen molar-refractivity contribution in [2.24, 2.45) is 5.92 Å². The van der Waals surface area contributed by atoms with Crippen LogP contribution in [0.25, 0.3) is 0 Å². The van der Waals surface area contributed by atoms with Crippen LogP contribution >= 0.6 is 0 Å². The lowest BCUT2D eigenvalue weighted by Gasteiger charge is -1.81. The fourth-order valence-electron chi connectivity index (χ4n) is 0.540. The molecule has 0 radical (unpaired) electrons. The maximum absolute atomic E-state index is 3.87. The maximum atomic E-state index is 3.87. The molecule has 1 aromatic rings. The van der Waals surface area contributed by atoms with E-state index >= 15 is 0 Å². The van der Waals surface area contributed by atoms with Crippen LogP contribution in [0.2, 0.25) is 0 Å². The van der Waals surface area contributed by atoms with Gasteiger partial charge in [-0.3, -0.25) is 0 Å². The van der Waals surface area contributed by atoms with Crippen LogP contribution in [-0.2, 0) is 0 Å². The van der Waals surface area contributed by atoms with E-state index in [2.05, 4.69) is 16.9 Å². The molecular formula is C11H20N2. The van der Waals surface area contributed by atoms with Crippen LogP contribution in [0, 0.1) is 12.8 Å². The van der Waals surface area contributed by atoms with Crippen LogP contribution in [0.4, 0.5) is 0 Å². The third-order valence-corrected chi connectivity index (χ3v) is 1.56. The van der Waals surface area contributed by atoms with Gasteiger partial charge in [0.1, 0.15) is 5.82 Å². The minimum absolute atomic E-state index is 0.822. The molecule has 1 saturated carbocycles. The van der Waals surface area contributed by atoms with Crippen LogP contribution in [0.15, 0.2) is 18.5 Å². The Hall–Kier alpha value is -0.920. The molecule has 0 atom stereocenters. The second kappa shape index (κ2) is 7.71. The third kappa shape index (κ3) is 8.99. The molecule has 0 unspecified atom stereocenters. The number of nitrogens with zero attached hydrogens (tertiary/aromatic N) is 2. The molecule has 0 spiro atoms. The second-order valence-electron chi connectivity index (χ2n) is 2.98. The zero-order valence-corrected chi connectivity index (χ0v) is 9.12. The highest BCUT2D eigenvalue weighted by atomic mass is 14.8. The normalized spacial score (nSPS) is 13.2. The topological polar surface area (TPSA) is 25.8 Å². The van der Waals surface area contributed by atoms with E-state index < -0.39 is 0 Å². The fraction of sp³-hybridized carbons (Fsp3) is 0.636. The first-order valence-corrected chi connectivity index (χ1v) is 5.02. The summed E-state index contributed by atoms with van der Waals surface area (Å²) < 4.78 is 0. The van der Waals surface area contributed by atoms with E-state index in [1.807, 2.05) is 20.8 Å². The second-order valence-corrected chi connectivity index (χ2v) is 2.98. The Morgan fingerprint density at radius 3 is 1.69 bits per heavy atom. The van der Waals surface area contributed by atoms with E-state index in [9.17, 15) is 0 Å². The molecule has 0 bridgehead atoms. The van der Waals surface area contributed by atoms with Crippen LogP contribution in [-0.4, -0.2) is 9.97 Å². The molecule has 2 nitrogen and oxygen atoms in total. The lowest BCUT2D eigenvalue weighted by Crippen LogP contribution is -1.80. The van der Waals surface area contributed by atoms with E-state index in [4.69, 9.17) is 0 Å². The van der Waals surface area contributed by atoms with Crippen molar-refractivity contribution in [3.8, 4) is 0 Å². The Kier molecular flexibility index (Phi) is 7.17. The van der Waals surface area contributed by atoms with Crippen LogP contribution in [0.3, 0.4) is 0 Å². The number of aryl methyl sites for hydroxylation is 1. The van der Waals surface area contributed by atoms with Gasteiger partial charge >= 0.3 is 0 Å². The van der Waals surface area contributed by atoms with Crippen molar-refractivity contribution in [3.63, 3.8) is 0 Å². The highest BCUT2D eigenvalue weighted by Gasteiger charge is 2.12. The van der Waals surface area contributed by atoms with Crippen molar-refractivity contribution in [1.29, 1.82) is 0 Å². The molecular weight excluding hydrogens is 160 g/mol. The largest absolute Gasteiger partial charge is 0.242 e. The molecule has 2 rings (SSSR count). The summed E-state index contributed by atoms with van der Waals surface area (Å²) in [5, 5.41) is 0. The standard InChI is InChI=1S/C5H6N2.C4H8.C2H6/c1-5-6-3-2-4-7-5;1-4-2-3-4;1-2/h2-4H,1H3;4H,2-3H2,1H3;1-2H3. The average molecular weight is 180 g/mol. The zero-order chi connectivity index (χ0) is 10.1. The van der Waals surface area contributed by atoms with Gasteiger partial charge in [-0.05, 0) is 18.9 Å². The smallest absolute Gasteiger partial charge is 0.125 e. The highest BCUT2D eigenvalue weighted by molar-refractivity contribution is 4.83. The average Bonchev–Trinajstić information content (AvgIpc) is 2.94. The summed E-state index contributed by atoms with van der Waals surface area (Å²) in [6, 6.07) is 1.80. The van der Waals surface area contributed by atoms with Crippen molar-refractivity contribution in [2.75, 3.05) is 0 Å². The molecule has 0 aromatic carbocycles. The fourth-order valence-corrected chi connectivity index (χ4v) is 0.540. The monoisotopic (exact) mass is 180 g/mol. The van der Waals surface area contributed by atoms with Gasteiger partial charge in [-0.15, -0.1) is 0 Å². The van der Waals surface area contributed by atoms with Gasteiger partial charge in [0.2, 0.25) is 0 Å². The molecule has 74 valence electrons. The first kappa shape index (κ1) is 12.1. The van der Waals surface area contributed by atoms with E-state index in [-0.39, 0.29) is 0 Å². The molecule has 1 aliphatic rings. The van der Waals surface area contributed by atoms with Crippen molar-refractivity contribution >= 4 is 0 Å². The Labute approximate surface area is 81.4 Å². The van der Waals surface area contributed by atoms with E-state index in [0.29, 0.717) is 0 Å². The van der Waals surface area contributed by atoms with Crippen molar-refractivity contribution < 1.29 is 0 Å². The molecule has 0 aliphatic heterocycles. The van der Waals surface area contributed by atoms with Gasteiger partial charge in [0.25, 0.3) is 0 Å². The minimum Gasteiger partial charge on any atom is -0.242 e. The lowest BCUT2D eigenvalue weighted by atomic mass is 10.5. The molecule has 1 aliphatic carbocycles. The summed E-state index contributed by atoms with van der Waals surface area (Å²) >= 11 is 0. The van der Waals surface area contributed by atoms with Crippen molar-refractivity contribution in [1.82, 2.24) is 9.97 Å². The first-order valence-electron chi connectivity index (χ1n) is 5.02. The van der Waals surface area contributed by atoms with Crippen molar-refractivity contribution in [2.45, 2.75) is 40.5 Å². The van der Waals surface area contributed by atoms with Gasteiger partial charge in [0.15, 0.2) is 0 Å².